The van der Waals surface area contributed by atoms with Gasteiger partial charge in [-0.1, -0.05) is 6.42 Å². The molecule has 130 valence electrons. The van der Waals surface area contributed by atoms with Crippen LogP contribution in [0.1, 0.15) is 49.0 Å². The van der Waals surface area contributed by atoms with Gasteiger partial charge >= 0.3 is 5.97 Å². The first-order valence-corrected chi connectivity index (χ1v) is 8.68. The molecule has 2 fully saturated rings. The Bertz CT molecular complexity index is 657. The van der Waals surface area contributed by atoms with Gasteiger partial charge in [0.05, 0.1) is 12.0 Å². The largest absolute Gasteiger partial charge is 0.494 e. The second-order valence-electron chi connectivity index (χ2n) is 7.03. The van der Waals surface area contributed by atoms with Crippen LogP contribution >= 0.6 is 0 Å². The normalized spacial score (nSPS) is 26.3. The first-order valence-electron chi connectivity index (χ1n) is 8.68. The molecule has 0 unspecified atom stereocenters. The summed E-state index contributed by atoms with van der Waals surface area (Å²) in [6, 6.07) is 5.52. The van der Waals surface area contributed by atoms with Gasteiger partial charge < -0.3 is 9.84 Å². The van der Waals surface area contributed by atoms with E-state index in [0.29, 0.717) is 25.3 Å². The monoisotopic (exact) mass is 331 g/mol. The zero-order valence-corrected chi connectivity index (χ0v) is 14.4. The average Bonchev–Trinajstić information content (AvgIpc) is 3.06. The Labute approximate surface area is 142 Å². The number of benzene rings is 1. The van der Waals surface area contributed by atoms with Crippen LogP contribution in [-0.2, 0) is 11.3 Å². The van der Waals surface area contributed by atoms with Crippen LogP contribution < -0.4 is 4.74 Å². The highest BCUT2D eigenvalue weighted by Gasteiger charge is 2.54. The summed E-state index contributed by atoms with van der Waals surface area (Å²) in [5.74, 6) is 0.389. The van der Waals surface area contributed by atoms with Gasteiger partial charge in [0.15, 0.2) is 5.78 Å². The van der Waals surface area contributed by atoms with Gasteiger partial charge in [-0.3, -0.25) is 14.5 Å². The Balaban J connectivity index is 1.82. The molecular weight excluding hydrogens is 306 g/mol. The Kier molecular flexibility index (Phi) is 4.63. The topological polar surface area (TPSA) is 66.8 Å². The van der Waals surface area contributed by atoms with Crippen LogP contribution in [0.4, 0.5) is 0 Å². The van der Waals surface area contributed by atoms with Crippen LogP contribution in [0.15, 0.2) is 18.2 Å². The number of carbonyl (C=O) groups is 2. The molecule has 0 bridgehead atoms. The van der Waals surface area contributed by atoms with Crippen molar-refractivity contribution < 1.29 is 19.4 Å². The summed E-state index contributed by atoms with van der Waals surface area (Å²) in [6.45, 7) is 6.07. The molecule has 5 nitrogen and oxygen atoms in total. The number of rotatable bonds is 6. The van der Waals surface area contributed by atoms with E-state index < -0.39 is 11.4 Å². The second-order valence-corrected chi connectivity index (χ2v) is 7.03. The van der Waals surface area contributed by atoms with Gasteiger partial charge in [0.1, 0.15) is 5.75 Å². The molecule has 3 rings (SSSR count). The third-order valence-electron chi connectivity index (χ3n) is 5.53. The van der Waals surface area contributed by atoms with Gasteiger partial charge in [0, 0.05) is 30.8 Å². The van der Waals surface area contributed by atoms with E-state index in [1.165, 1.54) is 0 Å². The first-order chi connectivity index (χ1) is 11.5. The highest BCUT2D eigenvalue weighted by molar-refractivity contribution is 5.94. The van der Waals surface area contributed by atoms with E-state index in [1.54, 1.807) is 13.0 Å². The van der Waals surface area contributed by atoms with E-state index >= 15 is 0 Å². The molecule has 0 aromatic heterocycles. The molecule has 1 aromatic rings. The predicted octanol–water partition coefficient (Wildman–Crippen LogP) is 2.97. The summed E-state index contributed by atoms with van der Waals surface area (Å²) in [4.78, 5) is 25.7. The molecule has 0 amide bonds. The van der Waals surface area contributed by atoms with Crippen LogP contribution in [-0.4, -0.2) is 41.5 Å². The summed E-state index contributed by atoms with van der Waals surface area (Å²) >= 11 is 0. The van der Waals surface area contributed by atoms with Gasteiger partial charge in [-0.2, -0.15) is 0 Å². The zero-order valence-electron chi connectivity index (χ0n) is 14.4. The van der Waals surface area contributed by atoms with Gasteiger partial charge in [-0.25, -0.2) is 0 Å². The van der Waals surface area contributed by atoms with Crippen LogP contribution in [0.25, 0.3) is 0 Å². The Hall–Kier alpha value is -1.88. The van der Waals surface area contributed by atoms with Crippen molar-refractivity contribution in [2.75, 3.05) is 19.7 Å². The Morgan fingerprint density at radius 2 is 2.21 bits per heavy atom. The third-order valence-corrected chi connectivity index (χ3v) is 5.53. The number of hydrogen-bond donors (Lipinski definition) is 1. The van der Waals surface area contributed by atoms with Crippen molar-refractivity contribution >= 4 is 11.8 Å². The lowest BCUT2D eigenvalue weighted by Crippen LogP contribution is -2.35. The Morgan fingerprint density at radius 1 is 1.42 bits per heavy atom. The van der Waals surface area contributed by atoms with Crippen molar-refractivity contribution in [1.29, 1.82) is 0 Å². The number of carboxylic acid groups (broad SMARTS) is 1. The molecule has 5 heteroatoms. The standard InChI is InChI=1S/C19H25NO4/c1-3-24-17-7-6-14(13(2)21)9-15(17)10-20-11-16-5-4-8-19(16,12-20)18(22)23/h6-7,9,16H,3-5,8,10-12H2,1-2H3,(H,22,23)/t16-,19+/m0/s1. The molecule has 1 aliphatic carbocycles. The van der Waals surface area contributed by atoms with E-state index in [0.717, 1.165) is 37.1 Å². The second kappa shape index (κ2) is 6.55. The highest BCUT2D eigenvalue weighted by Crippen LogP contribution is 2.49. The molecule has 24 heavy (non-hydrogen) atoms. The SMILES string of the molecule is CCOc1ccc(C(C)=O)cc1CN1C[C@@H]2CCC[C@@]2(C(=O)O)C1. The zero-order chi connectivity index (χ0) is 17.3. The lowest BCUT2D eigenvalue weighted by molar-refractivity contribution is -0.149. The van der Waals surface area contributed by atoms with Gasteiger partial charge in [-0.15, -0.1) is 0 Å². The summed E-state index contributed by atoms with van der Waals surface area (Å²) in [5.41, 5.74) is 1.05. The van der Waals surface area contributed by atoms with Crippen molar-refractivity contribution in [2.24, 2.45) is 11.3 Å². The van der Waals surface area contributed by atoms with E-state index in [1.807, 2.05) is 19.1 Å². The van der Waals surface area contributed by atoms with Gasteiger partial charge in [0.25, 0.3) is 0 Å². The van der Waals surface area contributed by atoms with Crippen molar-refractivity contribution in [3.8, 4) is 5.75 Å². The Morgan fingerprint density at radius 3 is 2.83 bits per heavy atom. The predicted molar refractivity (Wildman–Crippen MR) is 90.3 cm³/mol. The molecule has 1 aromatic carbocycles. The molecule has 0 spiro atoms. The van der Waals surface area contributed by atoms with E-state index in [2.05, 4.69) is 4.90 Å². The van der Waals surface area contributed by atoms with E-state index in [-0.39, 0.29) is 11.7 Å². The van der Waals surface area contributed by atoms with Crippen LogP contribution in [0.2, 0.25) is 0 Å². The minimum atomic E-state index is -0.657. The summed E-state index contributed by atoms with van der Waals surface area (Å²) in [5, 5.41) is 9.72. The molecule has 1 saturated heterocycles. The smallest absolute Gasteiger partial charge is 0.311 e. The van der Waals surface area contributed by atoms with Crippen LogP contribution in [0.3, 0.4) is 0 Å². The molecular formula is C19H25NO4. The minimum Gasteiger partial charge on any atom is -0.494 e. The van der Waals surface area contributed by atoms with Crippen molar-refractivity contribution in [3.63, 3.8) is 0 Å². The van der Waals surface area contributed by atoms with Crippen molar-refractivity contribution in [3.05, 3.63) is 29.3 Å². The number of aliphatic carboxylic acids is 1. The summed E-state index contributed by atoms with van der Waals surface area (Å²) < 4.78 is 5.69. The molecule has 2 atom stereocenters. The number of carboxylic acids is 1. The fraction of sp³-hybridized carbons (Fsp3) is 0.579. The number of likely N-dealkylation sites (tertiary alicyclic amines) is 1. The lowest BCUT2D eigenvalue weighted by Gasteiger charge is -2.24. The molecule has 0 radical (unpaired) electrons. The maximum atomic E-state index is 11.8. The third kappa shape index (κ3) is 2.93. The number of ketones is 1. The molecule has 1 heterocycles. The average molecular weight is 331 g/mol. The van der Waals surface area contributed by atoms with Crippen molar-refractivity contribution in [2.45, 2.75) is 39.7 Å². The number of hydrogen-bond acceptors (Lipinski definition) is 4. The quantitative estimate of drug-likeness (QED) is 0.812. The minimum absolute atomic E-state index is 0.0274. The number of ether oxygens (including phenoxy) is 1. The molecule has 1 saturated carbocycles. The van der Waals surface area contributed by atoms with Gasteiger partial charge in [0.2, 0.25) is 0 Å². The highest BCUT2D eigenvalue weighted by atomic mass is 16.5. The van der Waals surface area contributed by atoms with E-state index in [9.17, 15) is 14.7 Å². The maximum absolute atomic E-state index is 11.8. The summed E-state index contributed by atoms with van der Waals surface area (Å²) in [6.07, 6.45) is 2.78. The number of nitrogens with zero attached hydrogens (tertiary/aromatic N) is 1. The fourth-order valence-corrected chi connectivity index (χ4v) is 4.32. The van der Waals surface area contributed by atoms with Crippen molar-refractivity contribution in [1.82, 2.24) is 4.90 Å². The first kappa shape index (κ1) is 17.0. The molecule has 1 aliphatic heterocycles. The maximum Gasteiger partial charge on any atom is 0.311 e. The lowest BCUT2D eigenvalue weighted by atomic mass is 9.81. The molecule has 2 aliphatic rings. The number of Topliss-reactive ketones (excluding diaryl/α,β-unsaturated/α-hetero) is 1. The number of fused-ring (bicyclic) bond motifs is 1. The summed E-state index contributed by atoms with van der Waals surface area (Å²) in [7, 11) is 0. The van der Waals surface area contributed by atoms with E-state index in [4.69, 9.17) is 4.74 Å². The molecule has 1 N–H and O–H groups in total. The fourth-order valence-electron chi connectivity index (χ4n) is 4.32. The number of carbonyl (C=O) groups excluding carboxylic acids is 1. The van der Waals surface area contributed by atoms with Gasteiger partial charge in [-0.05, 0) is 50.8 Å². The van der Waals surface area contributed by atoms with Crippen LogP contribution in [0.5, 0.6) is 5.75 Å². The van der Waals surface area contributed by atoms with Crippen LogP contribution in [0, 0.1) is 11.3 Å².